The molecule has 0 spiro atoms. The van der Waals surface area contributed by atoms with Gasteiger partial charge in [0.15, 0.2) is 0 Å². The number of rotatable bonds is 6. The second kappa shape index (κ2) is 7.57. The van der Waals surface area contributed by atoms with E-state index in [9.17, 15) is 0 Å². The van der Waals surface area contributed by atoms with Gasteiger partial charge in [-0.25, -0.2) is 9.13 Å². The number of hydrogen-bond donors (Lipinski definition) is 0. The van der Waals surface area contributed by atoms with Crippen molar-refractivity contribution in [2.45, 2.75) is 19.9 Å². The zero-order valence-electron chi connectivity index (χ0n) is 13.9. The van der Waals surface area contributed by atoms with Crippen molar-refractivity contribution in [1.82, 2.24) is 4.57 Å². The van der Waals surface area contributed by atoms with Gasteiger partial charge >= 0.3 is 0 Å². The van der Waals surface area contributed by atoms with Crippen LogP contribution in [0.4, 0.5) is 0 Å². The topological polar surface area (TPSA) is 8.81 Å². The molecule has 2 aromatic carbocycles. The van der Waals surface area contributed by atoms with E-state index in [1.807, 2.05) is 0 Å². The van der Waals surface area contributed by atoms with Gasteiger partial charge in [-0.2, -0.15) is 0 Å². The van der Waals surface area contributed by atoms with E-state index in [-0.39, 0.29) is 7.92 Å². The van der Waals surface area contributed by atoms with E-state index >= 15 is 0 Å². The highest BCUT2D eigenvalue weighted by molar-refractivity contribution is 7.73. The molecule has 1 heterocycles. The van der Waals surface area contributed by atoms with Crippen molar-refractivity contribution in [3.8, 4) is 0 Å². The monoisotopic (exact) mass is 323 g/mol. The lowest BCUT2D eigenvalue weighted by atomic mass is 10.4. The van der Waals surface area contributed by atoms with Crippen LogP contribution in [-0.2, 0) is 13.6 Å². The van der Waals surface area contributed by atoms with Crippen LogP contribution in [-0.4, -0.2) is 10.7 Å². The summed E-state index contributed by atoms with van der Waals surface area (Å²) in [4.78, 5) is 0. The van der Waals surface area contributed by atoms with E-state index in [2.05, 4.69) is 96.2 Å². The molecule has 0 bridgehead atoms. The summed E-state index contributed by atoms with van der Waals surface area (Å²) in [6.45, 7) is 3.27. The fourth-order valence-corrected chi connectivity index (χ4v) is 5.19. The molecule has 118 valence electrons. The lowest BCUT2D eigenvalue weighted by molar-refractivity contribution is -0.677. The molecule has 0 radical (unpaired) electrons. The van der Waals surface area contributed by atoms with Crippen molar-refractivity contribution in [3.05, 3.63) is 78.9 Å². The van der Waals surface area contributed by atoms with E-state index in [0.29, 0.717) is 0 Å². The smallest absolute Gasteiger partial charge is 0.237 e. The Hall–Kier alpha value is -1.92. The second-order valence-corrected chi connectivity index (χ2v) is 8.16. The van der Waals surface area contributed by atoms with Crippen molar-refractivity contribution in [3.63, 3.8) is 0 Å². The molecule has 0 saturated heterocycles. The van der Waals surface area contributed by atoms with E-state index in [0.717, 1.165) is 6.54 Å². The second-order valence-electron chi connectivity index (χ2n) is 5.83. The fourth-order valence-electron chi connectivity index (χ4n) is 2.86. The van der Waals surface area contributed by atoms with Gasteiger partial charge in [0.2, 0.25) is 0 Å². The predicted molar refractivity (Wildman–Crippen MR) is 98.9 cm³/mol. The Labute approximate surface area is 140 Å². The van der Waals surface area contributed by atoms with Crippen LogP contribution in [0.25, 0.3) is 0 Å². The number of aryl methyl sites for hydroxylation is 2. The molecule has 0 aliphatic heterocycles. The third-order valence-electron chi connectivity index (χ3n) is 4.31. The van der Waals surface area contributed by atoms with Crippen molar-refractivity contribution in [2.24, 2.45) is 7.05 Å². The van der Waals surface area contributed by atoms with Crippen LogP contribution < -0.4 is 15.2 Å². The molecule has 0 N–H and O–H groups in total. The summed E-state index contributed by atoms with van der Waals surface area (Å²) in [5, 5.41) is 2.95. The molecule has 0 amide bonds. The molecule has 0 atom stereocenters. The minimum Gasteiger partial charge on any atom is -0.237 e. The van der Waals surface area contributed by atoms with E-state index in [4.69, 9.17) is 0 Å². The molecule has 3 heteroatoms. The van der Waals surface area contributed by atoms with Crippen LogP contribution in [0.2, 0.25) is 0 Å². The normalized spacial score (nSPS) is 11.1. The first-order chi connectivity index (χ1) is 11.3. The Kier molecular flexibility index (Phi) is 5.25. The highest BCUT2D eigenvalue weighted by Gasteiger charge is 2.14. The van der Waals surface area contributed by atoms with E-state index in [1.165, 1.54) is 29.0 Å². The summed E-state index contributed by atoms with van der Waals surface area (Å²) in [5.41, 5.74) is 0. The van der Waals surface area contributed by atoms with Crippen LogP contribution in [0, 0.1) is 6.92 Å². The van der Waals surface area contributed by atoms with Gasteiger partial charge in [-0.15, -0.1) is 0 Å². The zero-order valence-corrected chi connectivity index (χ0v) is 14.8. The maximum Gasteiger partial charge on any atom is 0.253 e. The molecule has 23 heavy (non-hydrogen) atoms. The average Bonchev–Trinajstić information content (AvgIpc) is 2.92. The average molecular weight is 323 g/mol. The molecule has 0 aliphatic rings. The van der Waals surface area contributed by atoms with E-state index < -0.39 is 0 Å². The molecule has 1 aromatic heterocycles. The Morgan fingerprint density at radius 1 is 0.913 bits per heavy atom. The Morgan fingerprint density at radius 3 is 1.96 bits per heavy atom. The molecule has 3 aromatic rings. The van der Waals surface area contributed by atoms with Crippen LogP contribution in [0.3, 0.4) is 0 Å². The molecule has 0 saturated carbocycles. The van der Waals surface area contributed by atoms with Crippen molar-refractivity contribution >= 4 is 18.5 Å². The summed E-state index contributed by atoms with van der Waals surface area (Å²) in [5.74, 6) is 1.31. The summed E-state index contributed by atoms with van der Waals surface area (Å²) in [7, 11) is 1.83. The van der Waals surface area contributed by atoms with Crippen molar-refractivity contribution in [2.75, 3.05) is 6.16 Å². The largest absolute Gasteiger partial charge is 0.253 e. The van der Waals surface area contributed by atoms with E-state index in [1.54, 1.807) is 0 Å². The van der Waals surface area contributed by atoms with Gasteiger partial charge < -0.3 is 0 Å². The first-order valence-corrected chi connectivity index (χ1v) is 9.67. The maximum atomic E-state index is 2.35. The van der Waals surface area contributed by atoms with Gasteiger partial charge in [0.1, 0.15) is 12.4 Å². The van der Waals surface area contributed by atoms with Crippen LogP contribution in [0.15, 0.2) is 73.1 Å². The number of benzene rings is 2. The first-order valence-electron chi connectivity index (χ1n) is 8.15. The molecule has 0 unspecified atom stereocenters. The Balaban J connectivity index is 1.73. The van der Waals surface area contributed by atoms with Crippen LogP contribution in [0.5, 0.6) is 0 Å². The SMILES string of the molecule is Cc1n(CCCP(c2ccccc2)c2ccccc2)cc[n+]1C. The minimum absolute atomic E-state index is 0.270. The first kappa shape index (κ1) is 16.0. The lowest BCUT2D eigenvalue weighted by Gasteiger charge is -2.18. The van der Waals surface area contributed by atoms with Gasteiger partial charge in [-0.05, 0) is 31.1 Å². The summed E-state index contributed by atoms with van der Waals surface area (Å²) < 4.78 is 4.53. The van der Waals surface area contributed by atoms with Gasteiger partial charge in [0, 0.05) is 6.92 Å². The third kappa shape index (κ3) is 3.89. The summed E-state index contributed by atoms with van der Waals surface area (Å²) >= 11 is 0. The third-order valence-corrected chi connectivity index (χ3v) is 6.92. The van der Waals surface area contributed by atoms with Crippen molar-refractivity contribution in [1.29, 1.82) is 0 Å². The zero-order chi connectivity index (χ0) is 16.1. The van der Waals surface area contributed by atoms with Gasteiger partial charge in [0.25, 0.3) is 5.82 Å². The Bertz CT molecular complexity index is 695. The van der Waals surface area contributed by atoms with Crippen molar-refractivity contribution < 1.29 is 4.57 Å². The van der Waals surface area contributed by atoms with Crippen LogP contribution >= 0.6 is 7.92 Å². The number of aromatic nitrogens is 2. The summed E-state index contributed by atoms with van der Waals surface area (Å²) in [6.07, 6.45) is 6.74. The maximum absolute atomic E-state index is 2.35. The molecule has 0 aliphatic carbocycles. The molecular weight excluding hydrogens is 299 g/mol. The highest BCUT2D eigenvalue weighted by Crippen LogP contribution is 2.34. The summed E-state index contributed by atoms with van der Waals surface area (Å²) in [6, 6.07) is 21.9. The highest BCUT2D eigenvalue weighted by atomic mass is 31.1. The predicted octanol–water partition coefficient (Wildman–Crippen LogP) is 3.14. The van der Waals surface area contributed by atoms with Gasteiger partial charge in [-0.1, -0.05) is 60.7 Å². The fraction of sp³-hybridized carbons (Fsp3) is 0.250. The minimum atomic E-state index is -0.270. The number of imidazole rings is 1. The van der Waals surface area contributed by atoms with Gasteiger partial charge in [0.05, 0.1) is 13.6 Å². The molecule has 3 rings (SSSR count). The standard InChI is InChI=1S/C20H24N2P/c1-18-21(2)15-16-22(18)14-9-17-23(19-10-5-3-6-11-19)20-12-7-4-8-13-20/h3-8,10-13,15-16H,9,14,17H2,1-2H3/q+1. The van der Waals surface area contributed by atoms with Gasteiger partial charge in [-0.3, -0.25) is 0 Å². The molecule has 0 fully saturated rings. The Morgan fingerprint density at radius 2 is 1.48 bits per heavy atom. The number of hydrogen-bond acceptors (Lipinski definition) is 0. The quantitative estimate of drug-likeness (QED) is 0.487. The lowest BCUT2D eigenvalue weighted by Crippen LogP contribution is -2.29. The number of nitrogens with zero attached hydrogens (tertiary/aromatic N) is 2. The van der Waals surface area contributed by atoms with Crippen LogP contribution in [0.1, 0.15) is 12.2 Å². The molecular formula is C20H24N2P+. The molecule has 2 nitrogen and oxygen atoms in total.